The highest BCUT2D eigenvalue weighted by Gasteiger charge is 2.34. The van der Waals surface area contributed by atoms with Crippen LogP contribution in [0.15, 0.2) is 28.2 Å². The van der Waals surface area contributed by atoms with Crippen LogP contribution in [0.5, 0.6) is 0 Å². The molecule has 0 bridgehead atoms. The van der Waals surface area contributed by atoms with Gasteiger partial charge >= 0.3 is 6.18 Å². The van der Waals surface area contributed by atoms with Crippen LogP contribution in [0.2, 0.25) is 0 Å². The molecule has 1 heterocycles. The van der Waals surface area contributed by atoms with E-state index in [0.717, 1.165) is 6.07 Å². The van der Waals surface area contributed by atoms with Gasteiger partial charge in [-0.2, -0.15) is 13.2 Å². The van der Waals surface area contributed by atoms with E-state index in [1.54, 1.807) is 5.38 Å². The molecule has 0 saturated heterocycles. The zero-order valence-corrected chi connectivity index (χ0v) is 11.0. The fraction of sp³-hybridized carbons (Fsp3) is 0.100. The van der Waals surface area contributed by atoms with Crippen molar-refractivity contribution in [3.8, 4) is 0 Å². The molecular weight excluding hydrogens is 336 g/mol. The van der Waals surface area contributed by atoms with E-state index in [1.807, 2.05) is 0 Å². The van der Waals surface area contributed by atoms with E-state index in [4.69, 9.17) is 0 Å². The summed E-state index contributed by atoms with van der Waals surface area (Å²) < 4.78 is 51.1. The van der Waals surface area contributed by atoms with Crippen LogP contribution in [0.4, 0.5) is 28.4 Å². The molecule has 2 aromatic rings. The monoisotopic (exact) mass is 340 g/mol. The molecule has 0 fully saturated rings. The van der Waals surface area contributed by atoms with Crippen molar-refractivity contribution >= 4 is 38.1 Å². The first-order chi connectivity index (χ1) is 8.36. The molecular formula is C10H5BrF4N2S. The third-order valence-corrected chi connectivity index (χ3v) is 3.47. The Balaban J connectivity index is 2.30. The van der Waals surface area contributed by atoms with Gasteiger partial charge in [0.25, 0.3) is 0 Å². The summed E-state index contributed by atoms with van der Waals surface area (Å²) in [7, 11) is 0. The summed E-state index contributed by atoms with van der Waals surface area (Å²) in [6.07, 6.45) is -4.72. The molecule has 0 unspecified atom stereocenters. The lowest BCUT2D eigenvalue weighted by Crippen LogP contribution is -2.08. The van der Waals surface area contributed by atoms with Crippen LogP contribution in [0.3, 0.4) is 0 Å². The maximum Gasteiger partial charge on any atom is 0.419 e. The van der Waals surface area contributed by atoms with Gasteiger partial charge in [0.2, 0.25) is 0 Å². The van der Waals surface area contributed by atoms with E-state index in [0.29, 0.717) is 15.8 Å². The number of aromatic nitrogens is 1. The maximum atomic E-state index is 13.0. The topological polar surface area (TPSA) is 24.9 Å². The molecule has 2 rings (SSSR count). The number of thiazole rings is 1. The quantitative estimate of drug-likeness (QED) is 0.793. The Hall–Kier alpha value is -1.15. The SMILES string of the molecule is Fc1ccc(Nc2nc(Br)cs2)cc1C(F)(F)F. The number of hydrogen-bond donors (Lipinski definition) is 1. The van der Waals surface area contributed by atoms with Crippen molar-refractivity contribution in [3.63, 3.8) is 0 Å². The number of alkyl halides is 3. The van der Waals surface area contributed by atoms with Gasteiger partial charge in [0.05, 0.1) is 5.56 Å². The fourth-order valence-corrected chi connectivity index (χ4v) is 2.42. The molecule has 0 aliphatic carbocycles. The largest absolute Gasteiger partial charge is 0.419 e. The van der Waals surface area contributed by atoms with Crippen LogP contribution in [0.25, 0.3) is 0 Å². The van der Waals surface area contributed by atoms with Crippen molar-refractivity contribution in [2.45, 2.75) is 6.18 Å². The van der Waals surface area contributed by atoms with Gasteiger partial charge in [0, 0.05) is 11.1 Å². The summed E-state index contributed by atoms with van der Waals surface area (Å²) in [4.78, 5) is 3.97. The van der Waals surface area contributed by atoms with Crippen LogP contribution in [0.1, 0.15) is 5.56 Å². The summed E-state index contributed by atoms with van der Waals surface area (Å²) in [6.45, 7) is 0. The first kappa shape index (κ1) is 13.3. The first-order valence-electron chi connectivity index (χ1n) is 4.61. The predicted octanol–water partition coefficient (Wildman–Crippen LogP) is 4.81. The Labute approximate surface area is 112 Å². The number of hydrogen-bond acceptors (Lipinski definition) is 3. The van der Waals surface area contributed by atoms with E-state index < -0.39 is 17.6 Å². The molecule has 1 N–H and O–H groups in total. The van der Waals surface area contributed by atoms with Crippen LogP contribution < -0.4 is 5.32 Å². The first-order valence-corrected chi connectivity index (χ1v) is 6.28. The minimum atomic E-state index is -4.72. The molecule has 0 amide bonds. The Kier molecular flexibility index (Phi) is 3.58. The van der Waals surface area contributed by atoms with Crippen molar-refractivity contribution in [3.05, 3.63) is 39.6 Å². The van der Waals surface area contributed by atoms with Crippen molar-refractivity contribution in [2.24, 2.45) is 0 Å². The molecule has 0 radical (unpaired) electrons. The molecule has 0 saturated carbocycles. The van der Waals surface area contributed by atoms with Gasteiger partial charge in [0.15, 0.2) is 5.13 Å². The van der Waals surface area contributed by atoms with Crippen molar-refractivity contribution in [1.29, 1.82) is 0 Å². The minimum Gasteiger partial charge on any atom is -0.332 e. The fourth-order valence-electron chi connectivity index (χ4n) is 1.26. The van der Waals surface area contributed by atoms with E-state index in [9.17, 15) is 17.6 Å². The Morgan fingerprint density at radius 3 is 2.56 bits per heavy atom. The van der Waals surface area contributed by atoms with Gasteiger partial charge in [0.1, 0.15) is 10.4 Å². The molecule has 1 aromatic carbocycles. The molecule has 1 aromatic heterocycles. The summed E-state index contributed by atoms with van der Waals surface area (Å²) in [5.41, 5.74) is -1.17. The van der Waals surface area contributed by atoms with E-state index in [2.05, 4.69) is 26.2 Å². The molecule has 0 spiro atoms. The highest BCUT2D eigenvalue weighted by atomic mass is 79.9. The number of benzene rings is 1. The van der Waals surface area contributed by atoms with Crippen LogP contribution in [0, 0.1) is 5.82 Å². The highest BCUT2D eigenvalue weighted by Crippen LogP contribution is 2.34. The normalized spacial score (nSPS) is 11.6. The third kappa shape index (κ3) is 2.99. The summed E-state index contributed by atoms with van der Waals surface area (Å²) in [5, 5.41) is 4.77. The molecule has 0 atom stereocenters. The second-order valence-electron chi connectivity index (χ2n) is 3.29. The minimum absolute atomic E-state index is 0.130. The van der Waals surface area contributed by atoms with Crippen molar-refractivity contribution in [1.82, 2.24) is 4.98 Å². The van der Waals surface area contributed by atoms with Gasteiger partial charge in [-0.3, -0.25) is 0 Å². The Morgan fingerprint density at radius 2 is 2.00 bits per heavy atom. The van der Waals surface area contributed by atoms with Crippen LogP contribution in [-0.4, -0.2) is 4.98 Å². The van der Waals surface area contributed by atoms with Gasteiger partial charge in [-0.25, -0.2) is 9.37 Å². The number of anilines is 2. The van der Waals surface area contributed by atoms with Crippen LogP contribution >= 0.6 is 27.3 Å². The summed E-state index contributed by atoms with van der Waals surface area (Å²) in [5.74, 6) is -1.30. The predicted molar refractivity (Wildman–Crippen MR) is 64.5 cm³/mol. The van der Waals surface area contributed by atoms with Gasteiger partial charge in [-0.15, -0.1) is 11.3 Å². The van der Waals surface area contributed by atoms with Gasteiger partial charge in [-0.1, -0.05) is 0 Å². The van der Waals surface area contributed by atoms with Crippen molar-refractivity contribution < 1.29 is 17.6 Å². The van der Waals surface area contributed by atoms with Crippen LogP contribution in [-0.2, 0) is 6.18 Å². The lowest BCUT2D eigenvalue weighted by Gasteiger charge is -2.10. The summed E-state index contributed by atoms with van der Waals surface area (Å²) in [6, 6.07) is 2.71. The molecule has 0 aliphatic heterocycles. The van der Waals surface area contributed by atoms with E-state index >= 15 is 0 Å². The average molecular weight is 341 g/mol. The van der Waals surface area contributed by atoms with E-state index in [1.165, 1.54) is 17.4 Å². The Morgan fingerprint density at radius 1 is 1.28 bits per heavy atom. The zero-order chi connectivity index (χ0) is 13.3. The summed E-state index contributed by atoms with van der Waals surface area (Å²) >= 11 is 4.34. The number of nitrogens with zero attached hydrogens (tertiary/aromatic N) is 1. The highest BCUT2D eigenvalue weighted by molar-refractivity contribution is 9.10. The second-order valence-corrected chi connectivity index (χ2v) is 4.96. The Bertz CT molecular complexity index is 567. The van der Waals surface area contributed by atoms with Gasteiger partial charge in [-0.05, 0) is 34.1 Å². The van der Waals surface area contributed by atoms with Crippen molar-refractivity contribution in [2.75, 3.05) is 5.32 Å². The second kappa shape index (κ2) is 4.85. The molecule has 2 nitrogen and oxygen atoms in total. The standard InChI is InChI=1S/C10H5BrF4N2S/c11-8-4-18-9(17-8)16-5-1-2-7(12)6(3-5)10(13,14)15/h1-4H,(H,16,17). The maximum absolute atomic E-state index is 13.0. The zero-order valence-electron chi connectivity index (χ0n) is 8.55. The van der Waals surface area contributed by atoms with Gasteiger partial charge < -0.3 is 5.32 Å². The molecule has 0 aliphatic rings. The smallest absolute Gasteiger partial charge is 0.332 e. The molecule has 96 valence electrons. The lowest BCUT2D eigenvalue weighted by atomic mass is 10.2. The lowest BCUT2D eigenvalue weighted by molar-refractivity contribution is -0.139. The number of nitrogens with one attached hydrogen (secondary N) is 1. The number of halogens is 5. The number of rotatable bonds is 2. The molecule has 8 heteroatoms. The molecule has 18 heavy (non-hydrogen) atoms. The average Bonchev–Trinajstić information content (AvgIpc) is 2.65. The third-order valence-electron chi connectivity index (χ3n) is 2.00. The van der Waals surface area contributed by atoms with E-state index in [-0.39, 0.29) is 5.69 Å².